The zero-order chi connectivity index (χ0) is 8.15. The van der Waals surface area contributed by atoms with Crippen molar-refractivity contribution < 1.29 is 0 Å². The largest absolute Gasteiger partial charge is 0.134 e. The predicted molar refractivity (Wildman–Crippen MR) is 51.3 cm³/mol. The van der Waals surface area contributed by atoms with E-state index in [1.54, 1.807) is 11.8 Å². The number of hydrogen-bond donors (Lipinski definition) is 0. The van der Waals surface area contributed by atoms with Crippen molar-refractivity contribution in [3.63, 3.8) is 0 Å². The van der Waals surface area contributed by atoms with Crippen molar-refractivity contribution >= 4 is 11.8 Å². The van der Waals surface area contributed by atoms with E-state index in [1.807, 2.05) is 6.08 Å². The van der Waals surface area contributed by atoms with Crippen LogP contribution in [0.4, 0.5) is 0 Å². The molecule has 0 fully saturated rings. The number of allylic oxidation sites excluding steroid dienone is 3. The average Bonchev–Trinajstić information content (AvgIpc) is 1.88. The van der Waals surface area contributed by atoms with Crippen LogP contribution in [0.15, 0.2) is 23.1 Å². The van der Waals surface area contributed by atoms with Gasteiger partial charge in [-0.2, -0.15) is 0 Å². The highest BCUT2D eigenvalue weighted by molar-refractivity contribution is 8.02. The third kappa shape index (κ3) is 2.61. The fourth-order valence-corrected chi connectivity index (χ4v) is 1.46. The SMILES string of the molecule is C=C/C(=C(/C)SC)C(C)C. The normalized spacial score (nSPS) is 13.3. The molecule has 58 valence electrons. The van der Waals surface area contributed by atoms with Gasteiger partial charge in [0.05, 0.1) is 0 Å². The monoisotopic (exact) mass is 156 g/mol. The third-order valence-corrected chi connectivity index (χ3v) is 2.40. The summed E-state index contributed by atoms with van der Waals surface area (Å²) in [5, 5.41) is 0. The van der Waals surface area contributed by atoms with Gasteiger partial charge < -0.3 is 0 Å². The molecule has 0 radical (unpaired) electrons. The van der Waals surface area contributed by atoms with Gasteiger partial charge in [-0.25, -0.2) is 0 Å². The Bertz CT molecular complexity index is 143. The Balaban J connectivity index is 4.45. The predicted octanol–water partition coefficient (Wildman–Crippen LogP) is 3.47. The molecule has 0 bridgehead atoms. The van der Waals surface area contributed by atoms with Gasteiger partial charge in [-0.15, -0.1) is 11.8 Å². The Morgan fingerprint density at radius 1 is 1.50 bits per heavy atom. The summed E-state index contributed by atoms with van der Waals surface area (Å²) in [6, 6.07) is 0. The van der Waals surface area contributed by atoms with Crippen molar-refractivity contribution in [3.8, 4) is 0 Å². The van der Waals surface area contributed by atoms with Crippen molar-refractivity contribution in [3.05, 3.63) is 23.1 Å². The van der Waals surface area contributed by atoms with Gasteiger partial charge in [0.1, 0.15) is 0 Å². The summed E-state index contributed by atoms with van der Waals surface area (Å²) in [7, 11) is 0. The molecule has 0 aliphatic carbocycles. The molecule has 0 rings (SSSR count). The molecular formula is C9H16S. The Morgan fingerprint density at radius 2 is 2.00 bits per heavy atom. The van der Waals surface area contributed by atoms with Gasteiger partial charge in [0.25, 0.3) is 0 Å². The summed E-state index contributed by atoms with van der Waals surface area (Å²) >= 11 is 1.79. The first kappa shape index (κ1) is 9.83. The van der Waals surface area contributed by atoms with Crippen molar-refractivity contribution in [1.82, 2.24) is 0 Å². The second-order valence-corrected chi connectivity index (χ2v) is 3.60. The highest BCUT2D eigenvalue weighted by atomic mass is 32.2. The minimum absolute atomic E-state index is 0.602. The minimum atomic E-state index is 0.602. The summed E-state index contributed by atoms with van der Waals surface area (Å²) < 4.78 is 0. The van der Waals surface area contributed by atoms with Crippen LogP contribution >= 0.6 is 11.8 Å². The van der Waals surface area contributed by atoms with E-state index in [2.05, 4.69) is 33.6 Å². The fourth-order valence-electron chi connectivity index (χ4n) is 0.904. The molecule has 0 unspecified atom stereocenters. The van der Waals surface area contributed by atoms with Crippen molar-refractivity contribution in [2.24, 2.45) is 5.92 Å². The smallest absolute Gasteiger partial charge is 0.0140 e. The lowest BCUT2D eigenvalue weighted by Gasteiger charge is -2.08. The van der Waals surface area contributed by atoms with E-state index in [9.17, 15) is 0 Å². The van der Waals surface area contributed by atoms with Gasteiger partial charge >= 0.3 is 0 Å². The van der Waals surface area contributed by atoms with Crippen LogP contribution in [0, 0.1) is 5.92 Å². The second kappa shape index (κ2) is 4.62. The second-order valence-electron chi connectivity index (χ2n) is 2.57. The van der Waals surface area contributed by atoms with E-state index in [4.69, 9.17) is 0 Å². The van der Waals surface area contributed by atoms with E-state index >= 15 is 0 Å². The van der Waals surface area contributed by atoms with Crippen LogP contribution in [-0.4, -0.2) is 6.26 Å². The molecule has 10 heavy (non-hydrogen) atoms. The average molecular weight is 156 g/mol. The number of rotatable bonds is 3. The summed E-state index contributed by atoms with van der Waals surface area (Å²) in [5.41, 5.74) is 1.37. The van der Waals surface area contributed by atoms with Gasteiger partial charge in [0.2, 0.25) is 0 Å². The lowest BCUT2D eigenvalue weighted by atomic mass is 10.0. The van der Waals surface area contributed by atoms with Gasteiger partial charge in [0.15, 0.2) is 0 Å². The molecule has 0 spiro atoms. The summed E-state index contributed by atoms with van der Waals surface area (Å²) in [4.78, 5) is 1.38. The summed E-state index contributed by atoms with van der Waals surface area (Å²) in [5.74, 6) is 0.602. The first-order valence-electron chi connectivity index (χ1n) is 3.50. The van der Waals surface area contributed by atoms with Crippen LogP contribution in [0.2, 0.25) is 0 Å². The van der Waals surface area contributed by atoms with E-state index in [1.165, 1.54) is 10.5 Å². The first-order chi connectivity index (χ1) is 4.63. The molecule has 0 saturated carbocycles. The maximum atomic E-state index is 3.78. The molecule has 0 saturated heterocycles. The van der Waals surface area contributed by atoms with Crippen LogP contribution in [-0.2, 0) is 0 Å². The van der Waals surface area contributed by atoms with Gasteiger partial charge in [-0.05, 0) is 29.6 Å². The fraction of sp³-hybridized carbons (Fsp3) is 0.556. The van der Waals surface area contributed by atoms with E-state index in [0.717, 1.165) is 0 Å². The van der Waals surface area contributed by atoms with Gasteiger partial charge in [-0.1, -0.05) is 26.5 Å². The molecule has 0 aliphatic heterocycles. The molecular weight excluding hydrogens is 140 g/mol. The molecule has 0 aromatic carbocycles. The highest BCUT2D eigenvalue weighted by Crippen LogP contribution is 2.22. The molecule has 0 atom stereocenters. The molecule has 0 heterocycles. The van der Waals surface area contributed by atoms with Gasteiger partial charge in [0, 0.05) is 0 Å². The molecule has 0 aromatic rings. The Labute approximate surface area is 68.4 Å². The number of thioether (sulfide) groups is 1. The van der Waals surface area contributed by atoms with E-state index in [0.29, 0.717) is 5.92 Å². The van der Waals surface area contributed by atoms with Crippen LogP contribution in [0.3, 0.4) is 0 Å². The molecule has 0 aliphatic rings. The lowest BCUT2D eigenvalue weighted by molar-refractivity contribution is 0.788. The maximum Gasteiger partial charge on any atom is -0.0140 e. The van der Waals surface area contributed by atoms with E-state index in [-0.39, 0.29) is 0 Å². The molecule has 0 nitrogen and oxygen atoms in total. The topological polar surface area (TPSA) is 0 Å². The van der Waals surface area contributed by atoms with E-state index < -0.39 is 0 Å². The molecule has 0 N–H and O–H groups in total. The van der Waals surface area contributed by atoms with Crippen molar-refractivity contribution in [1.29, 1.82) is 0 Å². The standard InChI is InChI=1S/C9H16S/c1-6-9(7(2)3)8(4)10-5/h6-7H,1H2,2-5H3/b9-8+. The van der Waals surface area contributed by atoms with Crippen molar-refractivity contribution in [2.45, 2.75) is 20.8 Å². The van der Waals surface area contributed by atoms with Crippen LogP contribution < -0.4 is 0 Å². The Kier molecular flexibility index (Phi) is 4.54. The van der Waals surface area contributed by atoms with Crippen LogP contribution in [0.5, 0.6) is 0 Å². The minimum Gasteiger partial charge on any atom is -0.134 e. The van der Waals surface area contributed by atoms with Gasteiger partial charge in [-0.3, -0.25) is 0 Å². The van der Waals surface area contributed by atoms with Crippen LogP contribution in [0.25, 0.3) is 0 Å². The lowest BCUT2D eigenvalue weighted by Crippen LogP contribution is -1.91. The maximum absolute atomic E-state index is 3.78. The third-order valence-electron chi connectivity index (χ3n) is 1.55. The summed E-state index contributed by atoms with van der Waals surface area (Å²) in [6.07, 6.45) is 4.05. The zero-order valence-corrected chi connectivity index (χ0v) is 8.09. The Hall–Kier alpha value is -0.170. The highest BCUT2D eigenvalue weighted by Gasteiger charge is 2.01. The summed E-state index contributed by atoms with van der Waals surface area (Å²) in [6.45, 7) is 10.3. The van der Waals surface area contributed by atoms with Crippen LogP contribution in [0.1, 0.15) is 20.8 Å². The quantitative estimate of drug-likeness (QED) is 0.564. The van der Waals surface area contributed by atoms with Crippen molar-refractivity contribution in [2.75, 3.05) is 6.26 Å². The molecule has 0 aromatic heterocycles. The zero-order valence-electron chi connectivity index (χ0n) is 7.27. The Morgan fingerprint density at radius 3 is 2.10 bits per heavy atom. The molecule has 1 heteroatoms. The first-order valence-corrected chi connectivity index (χ1v) is 4.73. The number of hydrogen-bond acceptors (Lipinski definition) is 1. The molecule has 0 amide bonds.